The van der Waals surface area contributed by atoms with Crippen LogP contribution in [0.1, 0.15) is 17.3 Å². The van der Waals surface area contributed by atoms with Crippen molar-refractivity contribution < 1.29 is 24.5 Å². The van der Waals surface area contributed by atoms with Crippen LogP contribution in [0, 0.1) is 0 Å². The predicted octanol–water partition coefficient (Wildman–Crippen LogP) is 2.00. The van der Waals surface area contributed by atoms with E-state index in [2.05, 4.69) is 0 Å². The smallest absolute Gasteiger partial charge is 0.342 e. The Morgan fingerprint density at radius 3 is 2.42 bits per heavy atom. The van der Waals surface area contributed by atoms with Crippen LogP contribution in [0.3, 0.4) is 0 Å². The minimum absolute atomic E-state index is 0.136. The lowest BCUT2D eigenvalue weighted by atomic mass is 10.0. The second-order valence-electron chi connectivity index (χ2n) is 4.12. The standard InChI is InChI=1S/C14H12O5/c1-8(15)7-19-14(18)11-6-12(16)9-4-2-3-5-10(9)13(11)17/h2-6,16-17H,7H2,1H3. The van der Waals surface area contributed by atoms with Gasteiger partial charge in [0.2, 0.25) is 0 Å². The lowest BCUT2D eigenvalue weighted by Gasteiger charge is -2.09. The molecular weight excluding hydrogens is 248 g/mol. The number of esters is 1. The largest absolute Gasteiger partial charge is 0.507 e. The first-order valence-corrected chi connectivity index (χ1v) is 5.61. The average molecular weight is 260 g/mol. The van der Waals surface area contributed by atoms with Crippen molar-refractivity contribution in [1.82, 2.24) is 0 Å². The van der Waals surface area contributed by atoms with Crippen LogP contribution in [0.25, 0.3) is 10.8 Å². The zero-order valence-electron chi connectivity index (χ0n) is 10.2. The number of fused-ring (bicyclic) bond motifs is 1. The molecule has 2 aromatic rings. The monoisotopic (exact) mass is 260 g/mol. The van der Waals surface area contributed by atoms with Crippen molar-refractivity contribution in [2.24, 2.45) is 0 Å². The minimum atomic E-state index is -0.853. The molecule has 2 N–H and O–H groups in total. The summed E-state index contributed by atoms with van der Waals surface area (Å²) in [5.74, 6) is -1.57. The Bertz CT molecular complexity index is 660. The molecule has 0 aliphatic carbocycles. The van der Waals surface area contributed by atoms with E-state index in [1.54, 1.807) is 24.3 Å². The fourth-order valence-electron chi connectivity index (χ4n) is 1.74. The normalized spacial score (nSPS) is 10.4. The van der Waals surface area contributed by atoms with Gasteiger partial charge in [0, 0.05) is 10.8 Å². The summed E-state index contributed by atoms with van der Waals surface area (Å²) >= 11 is 0. The first-order valence-electron chi connectivity index (χ1n) is 5.61. The Kier molecular flexibility index (Phi) is 3.37. The van der Waals surface area contributed by atoms with E-state index in [9.17, 15) is 19.8 Å². The average Bonchev–Trinajstić information content (AvgIpc) is 2.40. The molecule has 0 spiro atoms. The zero-order chi connectivity index (χ0) is 14.0. The number of hydrogen-bond donors (Lipinski definition) is 2. The van der Waals surface area contributed by atoms with E-state index < -0.39 is 5.97 Å². The third-order valence-electron chi connectivity index (χ3n) is 2.62. The van der Waals surface area contributed by atoms with E-state index in [0.29, 0.717) is 10.8 Å². The van der Waals surface area contributed by atoms with Crippen molar-refractivity contribution in [3.8, 4) is 11.5 Å². The van der Waals surface area contributed by atoms with Crippen molar-refractivity contribution in [1.29, 1.82) is 0 Å². The van der Waals surface area contributed by atoms with Gasteiger partial charge in [-0.15, -0.1) is 0 Å². The molecule has 0 bridgehead atoms. The highest BCUT2D eigenvalue weighted by Gasteiger charge is 2.18. The first kappa shape index (κ1) is 12.9. The van der Waals surface area contributed by atoms with Crippen molar-refractivity contribution in [2.45, 2.75) is 6.92 Å². The molecular formula is C14H12O5. The SMILES string of the molecule is CC(=O)COC(=O)c1cc(O)c2ccccc2c1O. The number of benzene rings is 2. The van der Waals surface area contributed by atoms with Crippen LogP contribution in [0.15, 0.2) is 30.3 Å². The Morgan fingerprint density at radius 2 is 1.79 bits per heavy atom. The minimum Gasteiger partial charge on any atom is -0.507 e. The van der Waals surface area contributed by atoms with E-state index in [0.717, 1.165) is 6.07 Å². The number of aromatic hydroxyl groups is 2. The van der Waals surface area contributed by atoms with Gasteiger partial charge in [0.25, 0.3) is 0 Å². The Morgan fingerprint density at radius 1 is 1.16 bits per heavy atom. The number of rotatable bonds is 3. The van der Waals surface area contributed by atoms with Gasteiger partial charge in [0.15, 0.2) is 5.78 Å². The maximum absolute atomic E-state index is 11.7. The third-order valence-corrected chi connectivity index (χ3v) is 2.62. The van der Waals surface area contributed by atoms with Crippen LogP contribution < -0.4 is 0 Å². The van der Waals surface area contributed by atoms with Crippen molar-refractivity contribution in [3.05, 3.63) is 35.9 Å². The molecule has 98 valence electrons. The first-order chi connectivity index (χ1) is 9.00. The Hall–Kier alpha value is -2.56. The molecule has 0 fully saturated rings. The summed E-state index contributed by atoms with van der Waals surface area (Å²) in [6.07, 6.45) is 0. The second kappa shape index (κ2) is 4.97. The summed E-state index contributed by atoms with van der Waals surface area (Å²) in [5, 5.41) is 20.6. The van der Waals surface area contributed by atoms with E-state index in [4.69, 9.17) is 4.74 Å². The van der Waals surface area contributed by atoms with Crippen LogP contribution in [-0.4, -0.2) is 28.6 Å². The molecule has 0 aliphatic heterocycles. The predicted molar refractivity (Wildman–Crippen MR) is 68.2 cm³/mol. The number of phenols is 2. The highest BCUT2D eigenvalue weighted by atomic mass is 16.5. The van der Waals surface area contributed by atoms with Crippen LogP contribution in [0.2, 0.25) is 0 Å². The highest BCUT2D eigenvalue weighted by Crippen LogP contribution is 2.35. The Labute approximate surface area is 109 Å². The van der Waals surface area contributed by atoms with Gasteiger partial charge in [0.1, 0.15) is 23.7 Å². The summed E-state index contributed by atoms with van der Waals surface area (Å²) in [5.41, 5.74) is -0.169. The van der Waals surface area contributed by atoms with Crippen molar-refractivity contribution in [2.75, 3.05) is 6.61 Å². The zero-order valence-corrected chi connectivity index (χ0v) is 10.2. The number of ether oxygens (including phenoxy) is 1. The molecule has 0 atom stereocenters. The fraction of sp³-hybridized carbons (Fsp3) is 0.143. The van der Waals surface area contributed by atoms with E-state index in [1.807, 2.05) is 0 Å². The van der Waals surface area contributed by atoms with Crippen molar-refractivity contribution >= 4 is 22.5 Å². The third kappa shape index (κ3) is 2.49. The van der Waals surface area contributed by atoms with E-state index in [1.165, 1.54) is 6.92 Å². The molecule has 0 amide bonds. The lowest BCUT2D eigenvalue weighted by molar-refractivity contribution is -0.120. The number of hydrogen-bond acceptors (Lipinski definition) is 5. The molecule has 0 radical (unpaired) electrons. The molecule has 0 saturated carbocycles. The molecule has 0 unspecified atom stereocenters. The number of ketones is 1. The molecule has 19 heavy (non-hydrogen) atoms. The van der Waals surface area contributed by atoms with Gasteiger partial charge in [-0.25, -0.2) is 4.79 Å². The van der Waals surface area contributed by atoms with E-state index in [-0.39, 0.29) is 29.5 Å². The number of phenolic OH excluding ortho intramolecular Hbond substituents is 2. The van der Waals surface area contributed by atoms with Gasteiger partial charge < -0.3 is 14.9 Å². The van der Waals surface area contributed by atoms with Gasteiger partial charge in [-0.3, -0.25) is 4.79 Å². The quantitative estimate of drug-likeness (QED) is 0.651. The summed E-state index contributed by atoms with van der Waals surface area (Å²) < 4.78 is 4.71. The van der Waals surface area contributed by atoms with Crippen LogP contribution >= 0.6 is 0 Å². The topological polar surface area (TPSA) is 83.8 Å². The summed E-state index contributed by atoms with van der Waals surface area (Å²) in [6, 6.07) is 7.70. The molecule has 2 aromatic carbocycles. The maximum atomic E-state index is 11.7. The van der Waals surface area contributed by atoms with Crippen LogP contribution in [-0.2, 0) is 9.53 Å². The lowest BCUT2D eigenvalue weighted by Crippen LogP contribution is -2.11. The number of Topliss-reactive ketones (excluding diaryl/α,β-unsaturated/α-hetero) is 1. The van der Waals surface area contributed by atoms with Gasteiger partial charge in [-0.2, -0.15) is 0 Å². The van der Waals surface area contributed by atoms with E-state index >= 15 is 0 Å². The molecule has 0 heterocycles. The Balaban J connectivity index is 2.47. The van der Waals surface area contributed by atoms with Gasteiger partial charge >= 0.3 is 5.97 Å². The summed E-state index contributed by atoms with van der Waals surface area (Å²) in [7, 11) is 0. The van der Waals surface area contributed by atoms with Crippen LogP contribution in [0.4, 0.5) is 0 Å². The summed E-state index contributed by atoms with van der Waals surface area (Å²) in [4.78, 5) is 22.5. The highest BCUT2D eigenvalue weighted by molar-refractivity contribution is 6.04. The molecule has 2 rings (SSSR count). The fourth-order valence-corrected chi connectivity index (χ4v) is 1.74. The maximum Gasteiger partial charge on any atom is 0.342 e. The molecule has 5 nitrogen and oxygen atoms in total. The second-order valence-corrected chi connectivity index (χ2v) is 4.12. The van der Waals surface area contributed by atoms with Gasteiger partial charge in [0.05, 0.1) is 0 Å². The number of carbonyl (C=O) groups excluding carboxylic acids is 2. The number of carbonyl (C=O) groups is 2. The molecule has 0 aromatic heterocycles. The van der Waals surface area contributed by atoms with Crippen molar-refractivity contribution in [3.63, 3.8) is 0 Å². The molecule has 0 saturated heterocycles. The van der Waals surface area contributed by atoms with Gasteiger partial charge in [-0.1, -0.05) is 24.3 Å². The molecule has 0 aliphatic rings. The van der Waals surface area contributed by atoms with Crippen LogP contribution in [0.5, 0.6) is 11.5 Å². The summed E-state index contributed by atoms with van der Waals surface area (Å²) in [6.45, 7) is 0.914. The molecule has 5 heteroatoms. The van der Waals surface area contributed by atoms with Gasteiger partial charge in [-0.05, 0) is 13.0 Å².